The molecule has 2 atom stereocenters. The van der Waals surface area contributed by atoms with E-state index in [4.69, 9.17) is 0 Å². The normalized spacial score (nSPS) is 20.6. The SMILES string of the molecule is Cc1nn(Cc2ccccc2)c(C)c1CNC(=O)[C@@H]1[C@H](C(=O)O)C1(C)C. The van der Waals surface area contributed by atoms with Crippen molar-refractivity contribution < 1.29 is 14.7 Å². The molecule has 0 unspecified atom stereocenters. The summed E-state index contributed by atoms with van der Waals surface area (Å²) in [6, 6.07) is 10.1. The number of benzene rings is 1. The van der Waals surface area contributed by atoms with E-state index in [0.717, 1.165) is 22.5 Å². The van der Waals surface area contributed by atoms with Crippen LogP contribution in [0.3, 0.4) is 0 Å². The molecule has 1 fully saturated rings. The Bertz CT molecular complexity index is 839. The molecule has 26 heavy (non-hydrogen) atoms. The topological polar surface area (TPSA) is 84.2 Å². The Kier molecular flexibility index (Phi) is 4.61. The molecular weight excluding hydrogens is 330 g/mol. The largest absolute Gasteiger partial charge is 0.481 e. The van der Waals surface area contributed by atoms with Crippen LogP contribution in [0.15, 0.2) is 30.3 Å². The van der Waals surface area contributed by atoms with E-state index in [1.165, 1.54) is 0 Å². The molecule has 2 aromatic rings. The van der Waals surface area contributed by atoms with Crippen LogP contribution in [0.1, 0.15) is 36.4 Å². The van der Waals surface area contributed by atoms with Crippen molar-refractivity contribution in [1.82, 2.24) is 15.1 Å². The van der Waals surface area contributed by atoms with Crippen LogP contribution in [-0.2, 0) is 22.7 Å². The molecule has 1 aromatic heterocycles. The van der Waals surface area contributed by atoms with Crippen LogP contribution in [0.4, 0.5) is 0 Å². The predicted molar refractivity (Wildman–Crippen MR) is 97.5 cm³/mol. The molecule has 138 valence electrons. The molecule has 1 saturated carbocycles. The lowest BCUT2D eigenvalue weighted by molar-refractivity contribution is -0.140. The van der Waals surface area contributed by atoms with Crippen molar-refractivity contribution in [2.45, 2.75) is 40.8 Å². The summed E-state index contributed by atoms with van der Waals surface area (Å²) in [5, 5.41) is 16.7. The van der Waals surface area contributed by atoms with Crippen LogP contribution in [-0.4, -0.2) is 26.8 Å². The van der Waals surface area contributed by atoms with Crippen molar-refractivity contribution >= 4 is 11.9 Å². The van der Waals surface area contributed by atoms with Crippen LogP contribution >= 0.6 is 0 Å². The Morgan fingerprint density at radius 3 is 2.42 bits per heavy atom. The fourth-order valence-corrected chi connectivity index (χ4v) is 3.77. The van der Waals surface area contributed by atoms with Crippen LogP contribution < -0.4 is 5.32 Å². The second kappa shape index (κ2) is 6.59. The number of carboxylic acid groups (broad SMARTS) is 1. The molecule has 1 heterocycles. The van der Waals surface area contributed by atoms with Crippen molar-refractivity contribution in [2.75, 3.05) is 0 Å². The molecule has 0 bridgehead atoms. The number of carboxylic acids is 1. The fraction of sp³-hybridized carbons (Fsp3) is 0.450. The number of aryl methyl sites for hydroxylation is 1. The molecule has 0 radical (unpaired) electrons. The van der Waals surface area contributed by atoms with E-state index >= 15 is 0 Å². The lowest BCUT2D eigenvalue weighted by Gasteiger charge is -2.08. The number of rotatable bonds is 6. The maximum absolute atomic E-state index is 12.4. The van der Waals surface area contributed by atoms with E-state index in [1.54, 1.807) is 0 Å². The maximum Gasteiger partial charge on any atom is 0.307 e. The first-order valence-corrected chi connectivity index (χ1v) is 8.80. The predicted octanol–water partition coefficient (Wildman–Crippen LogP) is 2.52. The zero-order valence-corrected chi connectivity index (χ0v) is 15.6. The quantitative estimate of drug-likeness (QED) is 0.834. The van der Waals surface area contributed by atoms with Gasteiger partial charge in [0.25, 0.3) is 0 Å². The van der Waals surface area contributed by atoms with Gasteiger partial charge in [-0.1, -0.05) is 44.2 Å². The average molecular weight is 355 g/mol. The fourth-order valence-electron chi connectivity index (χ4n) is 3.77. The van der Waals surface area contributed by atoms with Crippen LogP contribution in [0.25, 0.3) is 0 Å². The van der Waals surface area contributed by atoms with Gasteiger partial charge in [-0.3, -0.25) is 14.3 Å². The molecule has 6 nitrogen and oxygen atoms in total. The van der Waals surface area contributed by atoms with Crippen molar-refractivity contribution in [3.63, 3.8) is 0 Å². The Labute approximate surface area is 153 Å². The number of carbonyl (C=O) groups is 2. The van der Waals surface area contributed by atoms with E-state index in [1.807, 2.05) is 50.6 Å². The number of aromatic nitrogens is 2. The summed E-state index contributed by atoms with van der Waals surface area (Å²) in [6.45, 7) is 8.61. The number of nitrogens with one attached hydrogen (secondary N) is 1. The maximum atomic E-state index is 12.4. The molecule has 1 aliphatic carbocycles. The minimum Gasteiger partial charge on any atom is -0.481 e. The summed E-state index contributed by atoms with van der Waals surface area (Å²) in [4.78, 5) is 23.7. The summed E-state index contributed by atoms with van der Waals surface area (Å²) in [7, 11) is 0. The van der Waals surface area contributed by atoms with Gasteiger partial charge in [0.2, 0.25) is 5.91 Å². The molecule has 6 heteroatoms. The third kappa shape index (κ3) is 3.23. The van der Waals surface area contributed by atoms with E-state index in [-0.39, 0.29) is 5.91 Å². The number of carbonyl (C=O) groups excluding carboxylic acids is 1. The van der Waals surface area contributed by atoms with E-state index in [0.29, 0.717) is 13.1 Å². The van der Waals surface area contributed by atoms with Crippen molar-refractivity contribution in [1.29, 1.82) is 0 Å². The highest BCUT2D eigenvalue weighted by atomic mass is 16.4. The first-order chi connectivity index (χ1) is 12.2. The molecule has 1 aliphatic rings. The van der Waals surface area contributed by atoms with Gasteiger partial charge < -0.3 is 10.4 Å². The van der Waals surface area contributed by atoms with Crippen LogP contribution in [0, 0.1) is 31.1 Å². The summed E-state index contributed by atoms with van der Waals surface area (Å²) >= 11 is 0. The number of hydrogen-bond donors (Lipinski definition) is 2. The smallest absolute Gasteiger partial charge is 0.307 e. The van der Waals surface area contributed by atoms with Crippen molar-refractivity contribution in [3.8, 4) is 0 Å². The van der Waals surface area contributed by atoms with Gasteiger partial charge in [-0.05, 0) is 24.8 Å². The van der Waals surface area contributed by atoms with Gasteiger partial charge in [0.1, 0.15) is 0 Å². The Morgan fingerprint density at radius 2 is 1.85 bits per heavy atom. The van der Waals surface area contributed by atoms with E-state index < -0.39 is 23.2 Å². The second-order valence-corrected chi connectivity index (χ2v) is 7.63. The number of amides is 1. The highest BCUT2D eigenvalue weighted by Crippen LogP contribution is 2.58. The molecule has 0 aliphatic heterocycles. The van der Waals surface area contributed by atoms with Gasteiger partial charge in [-0.25, -0.2) is 0 Å². The van der Waals surface area contributed by atoms with Gasteiger partial charge in [0.15, 0.2) is 0 Å². The Hall–Kier alpha value is -2.63. The second-order valence-electron chi connectivity index (χ2n) is 7.63. The summed E-state index contributed by atoms with van der Waals surface area (Å²) < 4.78 is 1.94. The van der Waals surface area contributed by atoms with E-state index in [9.17, 15) is 14.7 Å². The van der Waals surface area contributed by atoms with Crippen LogP contribution in [0.5, 0.6) is 0 Å². The molecule has 2 N–H and O–H groups in total. The zero-order valence-electron chi connectivity index (χ0n) is 15.6. The molecule has 3 rings (SSSR count). The van der Waals surface area contributed by atoms with Crippen molar-refractivity contribution in [2.24, 2.45) is 17.3 Å². The molecule has 0 spiro atoms. The minimum absolute atomic E-state index is 0.197. The lowest BCUT2D eigenvalue weighted by Crippen LogP contribution is -2.27. The average Bonchev–Trinajstić information content (AvgIpc) is 3.07. The number of aliphatic carboxylic acids is 1. The van der Waals surface area contributed by atoms with Gasteiger partial charge in [0, 0.05) is 17.8 Å². The molecule has 1 amide bonds. The molecule has 0 saturated heterocycles. The van der Waals surface area contributed by atoms with Crippen molar-refractivity contribution in [3.05, 3.63) is 52.8 Å². The van der Waals surface area contributed by atoms with Gasteiger partial charge >= 0.3 is 5.97 Å². The van der Waals surface area contributed by atoms with Gasteiger partial charge in [0.05, 0.1) is 24.1 Å². The lowest BCUT2D eigenvalue weighted by atomic mass is 10.1. The standard InChI is InChI=1S/C20H25N3O3/c1-12-15(10-21-18(24)16-17(19(25)26)20(16,3)4)13(2)23(22-12)11-14-8-6-5-7-9-14/h5-9,16-17H,10-11H2,1-4H3,(H,21,24)(H,25,26)/t16-,17+/m0/s1. The summed E-state index contributed by atoms with van der Waals surface area (Å²) in [6.07, 6.45) is 0. The van der Waals surface area contributed by atoms with E-state index in [2.05, 4.69) is 22.5 Å². The molecular formula is C20H25N3O3. The summed E-state index contributed by atoms with van der Waals surface area (Å²) in [5.41, 5.74) is 3.55. The highest BCUT2D eigenvalue weighted by Gasteiger charge is 2.65. The number of nitrogens with zero attached hydrogens (tertiary/aromatic N) is 2. The Balaban J connectivity index is 1.67. The first kappa shape index (κ1) is 18.2. The third-order valence-electron chi connectivity index (χ3n) is 5.52. The Morgan fingerprint density at radius 1 is 1.19 bits per heavy atom. The third-order valence-corrected chi connectivity index (χ3v) is 5.52. The van der Waals surface area contributed by atoms with Gasteiger partial charge in [-0.15, -0.1) is 0 Å². The van der Waals surface area contributed by atoms with Crippen LogP contribution in [0.2, 0.25) is 0 Å². The first-order valence-electron chi connectivity index (χ1n) is 8.80. The van der Waals surface area contributed by atoms with Gasteiger partial charge in [-0.2, -0.15) is 5.10 Å². The molecule has 1 aromatic carbocycles. The highest BCUT2D eigenvalue weighted by molar-refractivity contribution is 5.91. The zero-order chi connectivity index (χ0) is 19.1. The number of hydrogen-bond acceptors (Lipinski definition) is 3. The minimum atomic E-state index is -0.904. The summed E-state index contributed by atoms with van der Waals surface area (Å²) in [5.74, 6) is -2.18. The monoisotopic (exact) mass is 355 g/mol.